The van der Waals surface area contributed by atoms with Crippen molar-refractivity contribution in [2.45, 2.75) is 58.4 Å². The molecule has 0 spiro atoms. The Hall–Kier alpha value is -1.84. The number of hydrogen-bond donors (Lipinski definition) is 2. The van der Waals surface area contributed by atoms with Crippen molar-refractivity contribution in [2.24, 2.45) is 5.92 Å². The predicted octanol–water partition coefficient (Wildman–Crippen LogP) is 3.73. The maximum absolute atomic E-state index is 12.3. The number of benzene rings is 1. The molecule has 120 valence electrons. The zero-order valence-corrected chi connectivity index (χ0v) is 13.5. The van der Waals surface area contributed by atoms with Gasteiger partial charge in [0.25, 0.3) is 5.91 Å². The Morgan fingerprint density at radius 1 is 1.00 bits per heavy atom. The van der Waals surface area contributed by atoms with Gasteiger partial charge in [-0.1, -0.05) is 39.5 Å². The highest BCUT2D eigenvalue weighted by Crippen LogP contribution is 2.18. The lowest BCUT2D eigenvalue weighted by molar-refractivity contribution is -0.118. The summed E-state index contributed by atoms with van der Waals surface area (Å²) in [7, 11) is 0. The fourth-order valence-electron chi connectivity index (χ4n) is 2.68. The number of nitrogens with one attached hydrogen (secondary N) is 2. The van der Waals surface area contributed by atoms with Gasteiger partial charge in [-0.2, -0.15) is 0 Å². The number of hydrogen-bond acceptors (Lipinski definition) is 2. The second-order valence-corrected chi connectivity index (χ2v) is 6.38. The molecule has 0 unspecified atom stereocenters. The van der Waals surface area contributed by atoms with Crippen LogP contribution in [-0.2, 0) is 4.79 Å². The molecular weight excluding hydrogens is 276 g/mol. The van der Waals surface area contributed by atoms with Gasteiger partial charge in [0.2, 0.25) is 5.91 Å². The Labute approximate surface area is 132 Å². The summed E-state index contributed by atoms with van der Waals surface area (Å²) < 4.78 is 0. The van der Waals surface area contributed by atoms with Crippen LogP contribution in [0.25, 0.3) is 0 Å². The quantitative estimate of drug-likeness (QED) is 0.833. The van der Waals surface area contributed by atoms with E-state index >= 15 is 0 Å². The van der Waals surface area contributed by atoms with E-state index in [1.807, 2.05) is 13.8 Å². The summed E-state index contributed by atoms with van der Waals surface area (Å²) in [4.78, 5) is 23.9. The predicted molar refractivity (Wildman–Crippen MR) is 88.9 cm³/mol. The topological polar surface area (TPSA) is 58.2 Å². The van der Waals surface area contributed by atoms with Gasteiger partial charge < -0.3 is 10.6 Å². The summed E-state index contributed by atoms with van der Waals surface area (Å²) in [5, 5.41) is 5.95. The van der Waals surface area contributed by atoms with Crippen molar-refractivity contribution in [1.82, 2.24) is 5.32 Å². The summed E-state index contributed by atoms with van der Waals surface area (Å²) in [5.41, 5.74) is 1.37. The van der Waals surface area contributed by atoms with E-state index in [2.05, 4.69) is 10.6 Å². The van der Waals surface area contributed by atoms with Crippen LogP contribution in [0.1, 0.15) is 62.7 Å². The second-order valence-electron chi connectivity index (χ2n) is 6.38. The van der Waals surface area contributed by atoms with E-state index < -0.39 is 0 Å². The van der Waals surface area contributed by atoms with Crippen molar-refractivity contribution in [1.29, 1.82) is 0 Å². The van der Waals surface area contributed by atoms with Gasteiger partial charge in [0.15, 0.2) is 0 Å². The Balaban J connectivity index is 1.91. The van der Waals surface area contributed by atoms with Crippen LogP contribution in [0.3, 0.4) is 0 Å². The Bertz CT molecular complexity index is 500. The van der Waals surface area contributed by atoms with Crippen LogP contribution in [0.4, 0.5) is 5.69 Å². The van der Waals surface area contributed by atoms with Gasteiger partial charge in [-0.3, -0.25) is 9.59 Å². The van der Waals surface area contributed by atoms with Crippen molar-refractivity contribution in [2.75, 3.05) is 5.32 Å². The third-order valence-electron chi connectivity index (χ3n) is 4.13. The first-order valence-corrected chi connectivity index (χ1v) is 8.28. The van der Waals surface area contributed by atoms with Crippen molar-refractivity contribution >= 4 is 17.5 Å². The van der Waals surface area contributed by atoms with Crippen LogP contribution in [0.2, 0.25) is 0 Å². The molecule has 1 aliphatic rings. The van der Waals surface area contributed by atoms with Gasteiger partial charge in [0.1, 0.15) is 0 Å². The molecule has 0 aliphatic heterocycles. The maximum Gasteiger partial charge on any atom is 0.251 e. The summed E-state index contributed by atoms with van der Waals surface area (Å²) in [5.74, 6) is -0.0949. The minimum atomic E-state index is -0.0572. The molecular formula is C18H26N2O2. The average Bonchev–Trinajstić information content (AvgIpc) is 2.76. The zero-order chi connectivity index (χ0) is 15.9. The van der Waals surface area contributed by atoms with Crippen LogP contribution in [0.15, 0.2) is 24.3 Å². The molecule has 1 aromatic rings. The lowest BCUT2D eigenvalue weighted by Gasteiger charge is -2.16. The zero-order valence-electron chi connectivity index (χ0n) is 13.5. The molecule has 1 aliphatic carbocycles. The largest absolute Gasteiger partial charge is 0.349 e. The lowest BCUT2D eigenvalue weighted by atomic mass is 10.1. The first kappa shape index (κ1) is 16.5. The molecule has 0 aromatic heterocycles. The fourth-order valence-corrected chi connectivity index (χ4v) is 2.68. The van der Waals surface area contributed by atoms with E-state index in [-0.39, 0.29) is 17.7 Å². The molecule has 2 amide bonds. The summed E-state index contributed by atoms with van der Waals surface area (Å²) in [6, 6.07) is 7.39. The van der Waals surface area contributed by atoms with E-state index in [4.69, 9.17) is 0 Å². The minimum Gasteiger partial charge on any atom is -0.349 e. The van der Waals surface area contributed by atoms with E-state index in [9.17, 15) is 9.59 Å². The third-order valence-corrected chi connectivity index (χ3v) is 4.13. The van der Waals surface area contributed by atoms with Gasteiger partial charge in [-0.15, -0.1) is 0 Å². The van der Waals surface area contributed by atoms with E-state index in [1.165, 1.54) is 25.7 Å². The Morgan fingerprint density at radius 2 is 1.59 bits per heavy atom. The maximum atomic E-state index is 12.3. The highest BCUT2D eigenvalue weighted by molar-refractivity contribution is 5.96. The van der Waals surface area contributed by atoms with Crippen molar-refractivity contribution in [3.8, 4) is 0 Å². The van der Waals surface area contributed by atoms with Gasteiger partial charge in [-0.25, -0.2) is 0 Å². The van der Waals surface area contributed by atoms with Crippen LogP contribution < -0.4 is 10.6 Å². The molecule has 1 aromatic carbocycles. The van der Waals surface area contributed by atoms with Crippen molar-refractivity contribution in [3.63, 3.8) is 0 Å². The van der Waals surface area contributed by atoms with Gasteiger partial charge in [0.05, 0.1) is 0 Å². The normalized spacial score (nSPS) is 16.1. The second kappa shape index (κ2) is 7.97. The van der Waals surface area contributed by atoms with Gasteiger partial charge in [0, 0.05) is 23.2 Å². The van der Waals surface area contributed by atoms with Crippen LogP contribution >= 0.6 is 0 Å². The molecule has 4 heteroatoms. The van der Waals surface area contributed by atoms with Crippen LogP contribution in [-0.4, -0.2) is 17.9 Å². The molecule has 0 atom stereocenters. The summed E-state index contributed by atoms with van der Waals surface area (Å²) in [6.07, 6.45) is 7.10. The Morgan fingerprint density at radius 3 is 2.14 bits per heavy atom. The molecule has 2 rings (SSSR count). The first-order chi connectivity index (χ1) is 10.6. The smallest absolute Gasteiger partial charge is 0.251 e. The molecule has 2 N–H and O–H groups in total. The summed E-state index contributed by atoms with van der Waals surface area (Å²) >= 11 is 0. The molecule has 1 saturated carbocycles. The lowest BCUT2D eigenvalue weighted by Crippen LogP contribution is -2.34. The van der Waals surface area contributed by atoms with Crippen molar-refractivity contribution in [3.05, 3.63) is 29.8 Å². The molecule has 4 nitrogen and oxygen atoms in total. The molecule has 0 saturated heterocycles. The Kier molecular flexibility index (Phi) is 5.99. The monoisotopic (exact) mass is 302 g/mol. The van der Waals surface area contributed by atoms with E-state index in [1.54, 1.807) is 24.3 Å². The number of carbonyl (C=O) groups is 2. The number of carbonyl (C=O) groups excluding carboxylic acids is 2. The minimum absolute atomic E-state index is 0.0179. The van der Waals surface area contributed by atoms with Gasteiger partial charge in [-0.05, 0) is 37.1 Å². The molecule has 0 radical (unpaired) electrons. The average molecular weight is 302 g/mol. The molecule has 0 bridgehead atoms. The van der Waals surface area contributed by atoms with Crippen LogP contribution in [0, 0.1) is 5.92 Å². The molecule has 0 heterocycles. The van der Waals surface area contributed by atoms with Crippen LogP contribution in [0.5, 0.6) is 0 Å². The SMILES string of the molecule is CC(C)C(=O)Nc1ccc(C(=O)NC2CCCCCC2)cc1. The number of amides is 2. The van der Waals surface area contributed by atoms with E-state index in [0.717, 1.165) is 18.5 Å². The molecule has 1 fully saturated rings. The number of rotatable bonds is 4. The highest BCUT2D eigenvalue weighted by atomic mass is 16.2. The highest BCUT2D eigenvalue weighted by Gasteiger charge is 2.15. The van der Waals surface area contributed by atoms with Gasteiger partial charge >= 0.3 is 0 Å². The summed E-state index contributed by atoms with van der Waals surface area (Å²) in [6.45, 7) is 3.70. The third kappa shape index (κ3) is 4.86. The number of anilines is 1. The van der Waals surface area contributed by atoms with Crippen molar-refractivity contribution < 1.29 is 9.59 Å². The van der Waals surface area contributed by atoms with E-state index in [0.29, 0.717) is 11.6 Å². The first-order valence-electron chi connectivity index (χ1n) is 8.28. The standard InChI is InChI=1S/C18H26N2O2/c1-13(2)17(21)19-16-11-9-14(10-12-16)18(22)20-15-7-5-3-4-6-8-15/h9-13,15H,3-8H2,1-2H3,(H,19,21)(H,20,22). The fraction of sp³-hybridized carbons (Fsp3) is 0.556. The molecule has 22 heavy (non-hydrogen) atoms.